The van der Waals surface area contributed by atoms with Gasteiger partial charge in [0, 0.05) is 16.2 Å². The quantitative estimate of drug-likeness (QED) is 0.909. The van der Waals surface area contributed by atoms with Gasteiger partial charge in [-0.25, -0.2) is 0 Å². The van der Waals surface area contributed by atoms with Gasteiger partial charge in [-0.2, -0.15) is 0 Å². The topological polar surface area (TPSA) is 85.1 Å². The van der Waals surface area contributed by atoms with E-state index in [0.29, 0.717) is 11.3 Å². The fourth-order valence-electron chi connectivity index (χ4n) is 1.53. The number of anilines is 1. The summed E-state index contributed by atoms with van der Waals surface area (Å²) >= 11 is 3.29. The molecule has 1 aromatic heterocycles. The number of carbonyl (C=O) groups is 2. The van der Waals surface area contributed by atoms with E-state index in [1.165, 1.54) is 18.5 Å². The lowest BCUT2D eigenvalue weighted by atomic mass is 10.2. The van der Waals surface area contributed by atoms with Crippen molar-refractivity contribution < 1.29 is 9.59 Å². The van der Waals surface area contributed by atoms with Gasteiger partial charge in [0.1, 0.15) is 0 Å². The Morgan fingerprint density at radius 1 is 1.26 bits per heavy atom. The summed E-state index contributed by atoms with van der Waals surface area (Å²) in [5.41, 5.74) is 6.21. The fourth-order valence-corrected chi connectivity index (χ4v) is 1.93. The van der Waals surface area contributed by atoms with Crippen LogP contribution in [-0.2, 0) is 0 Å². The van der Waals surface area contributed by atoms with E-state index >= 15 is 0 Å². The molecule has 2 rings (SSSR count). The molecule has 0 aliphatic heterocycles. The summed E-state index contributed by atoms with van der Waals surface area (Å²) in [5, 5.41) is 2.61. The molecule has 1 heterocycles. The van der Waals surface area contributed by atoms with E-state index in [1.54, 1.807) is 18.2 Å². The molecule has 3 N–H and O–H groups in total. The van der Waals surface area contributed by atoms with Gasteiger partial charge in [0.05, 0.1) is 17.4 Å². The Hall–Kier alpha value is -2.21. The molecule has 0 fully saturated rings. The summed E-state index contributed by atoms with van der Waals surface area (Å²) in [5.74, 6) is -0.955. The van der Waals surface area contributed by atoms with Crippen molar-refractivity contribution in [3.8, 4) is 0 Å². The van der Waals surface area contributed by atoms with Gasteiger partial charge in [-0.3, -0.25) is 14.6 Å². The number of nitrogens with zero attached hydrogens (tertiary/aromatic N) is 1. The van der Waals surface area contributed by atoms with E-state index in [0.717, 1.165) is 4.47 Å². The number of hydrogen-bond donors (Lipinski definition) is 2. The third-order valence-corrected chi connectivity index (χ3v) is 2.91. The molecule has 0 unspecified atom stereocenters. The Kier molecular flexibility index (Phi) is 3.91. The average molecular weight is 320 g/mol. The minimum atomic E-state index is -0.619. The first-order chi connectivity index (χ1) is 9.08. The Bertz CT molecular complexity index is 643. The zero-order valence-corrected chi connectivity index (χ0v) is 11.3. The standard InChI is InChI=1S/C13H10BrN3O2/c14-9-3-1-2-8(6-9)13(19)17-11-7-16-5-4-10(11)12(15)18/h1-7H,(H2,15,18)(H,17,19). The minimum absolute atomic E-state index is 0.221. The highest BCUT2D eigenvalue weighted by Gasteiger charge is 2.12. The highest BCUT2D eigenvalue weighted by molar-refractivity contribution is 9.10. The van der Waals surface area contributed by atoms with Gasteiger partial charge in [-0.1, -0.05) is 22.0 Å². The van der Waals surface area contributed by atoms with Crippen molar-refractivity contribution >= 4 is 33.4 Å². The number of hydrogen-bond acceptors (Lipinski definition) is 3. The van der Waals surface area contributed by atoms with Crippen LogP contribution < -0.4 is 11.1 Å². The molecule has 0 spiro atoms. The van der Waals surface area contributed by atoms with Gasteiger partial charge in [-0.05, 0) is 24.3 Å². The number of rotatable bonds is 3. The maximum absolute atomic E-state index is 12.0. The lowest BCUT2D eigenvalue weighted by Crippen LogP contribution is -2.18. The maximum Gasteiger partial charge on any atom is 0.255 e. The van der Waals surface area contributed by atoms with Crippen molar-refractivity contribution in [3.05, 3.63) is 58.3 Å². The normalized spacial score (nSPS) is 9.95. The SMILES string of the molecule is NC(=O)c1ccncc1NC(=O)c1cccc(Br)c1. The van der Waals surface area contributed by atoms with Gasteiger partial charge in [0.2, 0.25) is 0 Å². The first-order valence-corrected chi connectivity index (χ1v) is 6.18. The second-order valence-corrected chi connectivity index (χ2v) is 4.67. The first-order valence-electron chi connectivity index (χ1n) is 5.38. The molecule has 19 heavy (non-hydrogen) atoms. The van der Waals surface area contributed by atoms with E-state index in [-0.39, 0.29) is 11.5 Å². The zero-order chi connectivity index (χ0) is 13.8. The summed E-state index contributed by atoms with van der Waals surface area (Å²) in [6, 6.07) is 8.36. The Morgan fingerprint density at radius 3 is 2.74 bits per heavy atom. The smallest absolute Gasteiger partial charge is 0.255 e. The fraction of sp³-hybridized carbons (Fsp3) is 0. The molecule has 0 atom stereocenters. The van der Waals surface area contributed by atoms with Gasteiger partial charge in [-0.15, -0.1) is 0 Å². The molecular formula is C13H10BrN3O2. The van der Waals surface area contributed by atoms with Crippen molar-refractivity contribution in [2.45, 2.75) is 0 Å². The predicted molar refractivity (Wildman–Crippen MR) is 74.9 cm³/mol. The predicted octanol–water partition coefficient (Wildman–Crippen LogP) is 2.20. The second-order valence-electron chi connectivity index (χ2n) is 3.75. The first kappa shape index (κ1) is 13.2. The summed E-state index contributed by atoms with van der Waals surface area (Å²) < 4.78 is 0.793. The van der Waals surface area contributed by atoms with Gasteiger partial charge in [0.15, 0.2) is 0 Å². The molecule has 1 aromatic carbocycles. The van der Waals surface area contributed by atoms with Gasteiger partial charge in [0.25, 0.3) is 11.8 Å². The number of aromatic nitrogens is 1. The molecule has 0 aliphatic carbocycles. The van der Waals surface area contributed by atoms with Crippen LogP contribution in [0.5, 0.6) is 0 Å². The summed E-state index contributed by atoms with van der Waals surface area (Å²) in [4.78, 5) is 27.1. The molecule has 0 aliphatic rings. The highest BCUT2D eigenvalue weighted by Crippen LogP contribution is 2.16. The monoisotopic (exact) mass is 319 g/mol. The largest absolute Gasteiger partial charge is 0.366 e. The molecule has 0 bridgehead atoms. The van der Waals surface area contributed by atoms with E-state index < -0.39 is 5.91 Å². The molecule has 96 valence electrons. The number of benzene rings is 1. The van der Waals surface area contributed by atoms with Gasteiger partial charge < -0.3 is 11.1 Å². The highest BCUT2D eigenvalue weighted by atomic mass is 79.9. The number of amides is 2. The van der Waals surface area contributed by atoms with Crippen molar-refractivity contribution in [1.29, 1.82) is 0 Å². The van der Waals surface area contributed by atoms with Crippen LogP contribution in [-0.4, -0.2) is 16.8 Å². The van der Waals surface area contributed by atoms with Crippen LogP contribution in [0.25, 0.3) is 0 Å². The van der Waals surface area contributed by atoms with Crippen LogP contribution in [0.15, 0.2) is 47.2 Å². The summed E-state index contributed by atoms with van der Waals surface area (Å²) in [6.45, 7) is 0. The van der Waals surface area contributed by atoms with Crippen LogP contribution in [0.1, 0.15) is 20.7 Å². The number of halogens is 1. The van der Waals surface area contributed by atoms with E-state index in [1.807, 2.05) is 6.07 Å². The summed E-state index contributed by atoms with van der Waals surface area (Å²) in [6.07, 6.45) is 2.82. The van der Waals surface area contributed by atoms with Crippen LogP contribution in [0.3, 0.4) is 0 Å². The number of carbonyl (C=O) groups excluding carboxylic acids is 2. The van der Waals surface area contributed by atoms with Crippen molar-refractivity contribution in [2.75, 3.05) is 5.32 Å². The zero-order valence-electron chi connectivity index (χ0n) is 9.76. The lowest BCUT2D eigenvalue weighted by Gasteiger charge is -2.08. The van der Waals surface area contributed by atoms with Crippen LogP contribution in [0.4, 0.5) is 5.69 Å². The Morgan fingerprint density at radius 2 is 2.05 bits per heavy atom. The maximum atomic E-state index is 12.0. The Labute approximate surface area is 118 Å². The molecule has 2 aromatic rings. The molecule has 0 radical (unpaired) electrons. The number of primary amides is 1. The van der Waals surface area contributed by atoms with Gasteiger partial charge >= 0.3 is 0 Å². The number of nitrogens with one attached hydrogen (secondary N) is 1. The second kappa shape index (κ2) is 5.62. The molecule has 2 amide bonds. The number of pyridine rings is 1. The van der Waals surface area contributed by atoms with E-state index in [9.17, 15) is 9.59 Å². The lowest BCUT2D eigenvalue weighted by molar-refractivity contribution is 0.100. The van der Waals surface area contributed by atoms with Crippen molar-refractivity contribution in [1.82, 2.24) is 4.98 Å². The van der Waals surface area contributed by atoms with Crippen LogP contribution in [0, 0.1) is 0 Å². The van der Waals surface area contributed by atoms with E-state index in [4.69, 9.17) is 5.73 Å². The van der Waals surface area contributed by atoms with Crippen molar-refractivity contribution in [3.63, 3.8) is 0 Å². The van der Waals surface area contributed by atoms with Crippen LogP contribution >= 0.6 is 15.9 Å². The average Bonchev–Trinajstić information content (AvgIpc) is 2.39. The third kappa shape index (κ3) is 3.17. The number of nitrogens with two attached hydrogens (primary N) is 1. The molecular weight excluding hydrogens is 310 g/mol. The summed E-state index contributed by atoms with van der Waals surface area (Å²) in [7, 11) is 0. The Balaban J connectivity index is 2.27. The molecule has 6 heteroatoms. The third-order valence-electron chi connectivity index (χ3n) is 2.42. The van der Waals surface area contributed by atoms with E-state index in [2.05, 4.69) is 26.2 Å². The van der Waals surface area contributed by atoms with Crippen LogP contribution in [0.2, 0.25) is 0 Å². The minimum Gasteiger partial charge on any atom is -0.366 e. The van der Waals surface area contributed by atoms with Crippen molar-refractivity contribution in [2.24, 2.45) is 5.73 Å². The molecule has 0 saturated carbocycles. The molecule has 0 saturated heterocycles. The molecule has 5 nitrogen and oxygen atoms in total.